The number of ketones is 1. The number of nitrogens with zero attached hydrogens (tertiary/aromatic N) is 1. The molecule has 2 fully saturated rings. The summed E-state index contributed by atoms with van der Waals surface area (Å²) in [5.74, 6) is 0.153. The largest absolute Gasteiger partial charge is 0.444 e. The first-order chi connectivity index (χ1) is 10.5. The maximum atomic E-state index is 12.9. The minimum absolute atomic E-state index is 0.0349. The molecule has 0 saturated carbocycles. The Morgan fingerprint density at radius 1 is 1.04 bits per heavy atom. The molecule has 3 atom stereocenters. The Labute approximate surface area is 140 Å². The van der Waals surface area contributed by atoms with Gasteiger partial charge in [0.15, 0.2) is 5.78 Å². The van der Waals surface area contributed by atoms with E-state index in [1.807, 2.05) is 20.8 Å². The van der Waals surface area contributed by atoms with Gasteiger partial charge in [0.2, 0.25) is 0 Å². The van der Waals surface area contributed by atoms with Crippen molar-refractivity contribution >= 4 is 11.9 Å². The van der Waals surface area contributed by atoms with Gasteiger partial charge >= 0.3 is 6.09 Å². The van der Waals surface area contributed by atoms with Crippen LogP contribution in [-0.2, 0) is 9.53 Å². The third-order valence-electron chi connectivity index (χ3n) is 4.72. The van der Waals surface area contributed by atoms with Crippen molar-refractivity contribution in [2.24, 2.45) is 5.41 Å². The van der Waals surface area contributed by atoms with E-state index in [0.717, 1.165) is 32.2 Å². The van der Waals surface area contributed by atoms with Gasteiger partial charge in [-0.2, -0.15) is 0 Å². The van der Waals surface area contributed by atoms with Crippen LogP contribution in [0, 0.1) is 5.41 Å². The summed E-state index contributed by atoms with van der Waals surface area (Å²) in [6, 6.07) is -0.430. The zero-order valence-corrected chi connectivity index (χ0v) is 15.4. The van der Waals surface area contributed by atoms with E-state index in [1.165, 1.54) is 0 Å². The molecule has 0 aromatic heterocycles. The Balaban J connectivity index is 2.22. The summed E-state index contributed by atoms with van der Waals surface area (Å²) in [7, 11) is 0. The molecular weight excluding hydrogens is 292 g/mol. The molecule has 1 N–H and O–H groups in total. The summed E-state index contributed by atoms with van der Waals surface area (Å²) in [4.78, 5) is 27.4. The molecule has 132 valence electrons. The minimum atomic E-state index is -0.554. The second-order valence-electron chi connectivity index (χ2n) is 8.91. The maximum Gasteiger partial charge on any atom is 0.411 e. The number of rotatable bonds is 2. The average Bonchev–Trinajstić information content (AvgIpc) is 3.04. The first-order valence-corrected chi connectivity index (χ1v) is 8.79. The molecule has 2 aliphatic rings. The summed E-state index contributed by atoms with van der Waals surface area (Å²) >= 11 is 0. The molecule has 0 aromatic carbocycles. The third kappa shape index (κ3) is 4.25. The number of likely N-dealkylation sites (tertiary alicyclic amines) is 1. The van der Waals surface area contributed by atoms with Gasteiger partial charge in [0.1, 0.15) is 5.60 Å². The van der Waals surface area contributed by atoms with E-state index in [1.54, 1.807) is 4.90 Å². The molecule has 1 amide bonds. The highest BCUT2D eigenvalue weighted by atomic mass is 16.6. The van der Waals surface area contributed by atoms with Gasteiger partial charge in [-0.05, 0) is 58.4 Å². The molecule has 0 aromatic rings. The Bertz CT molecular complexity index is 456. The fraction of sp³-hybridized carbons (Fsp3) is 0.889. The Kier molecular flexibility index (Phi) is 5.09. The van der Waals surface area contributed by atoms with Crippen LogP contribution in [0.2, 0.25) is 0 Å². The molecule has 5 heteroatoms. The van der Waals surface area contributed by atoms with Crippen molar-refractivity contribution in [2.45, 2.75) is 91.0 Å². The SMILES string of the molecule is CC(C)(C)OC(=O)N1C(C(C)(C)C)CC[C@H]1C(=O)[C@H]1CCCN1. The summed E-state index contributed by atoms with van der Waals surface area (Å²) in [5, 5.41) is 3.27. The van der Waals surface area contributed by atoms with Gasteiger partial charge < -0.3 is 10.1 Å². The highest BCUT2D eigenvalue weighted by molar-refractivity contribution is 5.92. The van der Waals surface area contributed by atoms with Crippen LogP contribution >= 0.6 is 0 Å². The van der Waals surface area contributed by atoms with E-state index in [2.05, 4.69) is 26.1 Å². The molecule has 2 aliphatic heterocycles. The molecule has 2 heterocycles. The zero-order chi connectivity index (χ0) is 17.4. The fourth-order valence-corrected chi connectivity index (χ4v) is 3.67. The lowest BCUT2D eigenvalue weighted by molar-refractivity contribution is -0.126. The van der Waals surface area contributed by atoms with Crippen molar-refractivity contribution in [3.8, 4) is 0 Å². The van der Waals surface area contributed by atoms with Crippen LogP contribution in [0.1, 0.15) is 67.2 Å². The van der Waals surface area contributed by atoms with Crippen LogP contribution in [0.4, 0.5) is 4.79 Å². The molecule has 2 saturated heterocycles. The maximum absolute atomic E-state index is 12.9. The van der Waals surface area contributed by atoms with Gasteiger partial charge in [-0.1, -0.05) is 20.8 Å². The number of hydrogen-bond donors (Lipinski definition) is 1. The van der Waals surface area contributed by atoms with Crippen LogP contribution in [0.5, 0.6) is 0 Å². The number of carbonyl (C=O) groups is 2. The van der Waals surface area contributed by atoms with Crippen molar-refractivity contribution in [1.82, 2.24) is 10.2 Å². The smallest absolute Gasteiger partial charge is 0.411 e. The van der Waals surface area contributed by atoms with E-state index in [9.17, 15) is 9.59 Å². The lowest BCUT2D eigenvalue weighted by atomic mass is 9.85. The quantitative estimate of drug-likeness (QED) is 0.848. The van der Waals surface area contributed by atoms with E-state index in [0.29, 0.717) is 0 Å². The standard InChI is InChI=1S/C18H32N2O3/c1-17(2,3)14-10-9-13(15(21)12-8-7-11-19-12)20(14)16(22)23-18(4,5)6/h12-14,19H,7-11H2,1-6H3/t12-,13+,14?/m1/s1. The summed E-state index contributed by atoms with van der Waals surface area (Å²) < 4.78 is 5.60. The van der Waals surface area contributed by atoms with Gasteiger partial charge in [-0.25, -0.2) is 4.79 Å². The first-order valence-electron chi connectivity index (χ1n) is 8.79. The number of nitrogens with one attached hydrogen (secondary N) is 1. The predicted octanol–water partition coefficient (Wildman–Crippen LogP) is 3.12. The summed E-state index contributed by atoms with van der Waals surface area (Å²) in [6.45, 7) is 12.8. The molecule has 1 unspecified atom stereocenters. The van der Waals surface area contributed by atoms with Crippen LogP contribution in [0.15, 0.2) is 0 Å². The monoisotopic (exact) mass is 324 g/mol. The number of carbonyl (C=O) groups excluding carboxylic acids is 2. The van der Waals surface area contributed by atoms with Crippen molar-refractivity contribution in [1.29, 1.82) is 0 Å². The average molecular weight is 324 g/mol. The molecule has 0 spiro atoms. The van der Waals surface area contributed by atoms with Gasteiger partial charge in [-0.15, -0.1) is 0 Å². The van der Waals surface area contributed by atoms with Gasteiger partial charge in [0, 0.05) is 6.04 Å². The minimum Gasteiger partial charge on any atom is -0.444 e. The molecule has 5 nitrogen and oxygen atoms in total. The third-order valence-corrected chi connectivity index (χ3v) is 4.72. The van der Waals surface area contributed by atoms with E-state index >= 15 is 0 Å². The molecule has 0 radical (unpaired) electrons. The van der Waals surface area contributed by atoms with Crippen molar-refractivity contribution < 1.29 is 14.3 Å². The zero-order valence-electron chi connectivity index (χ0n) is 15.4. The normalized spacial score (nSPS) is 29.0. The van der Waals surface area contributed by atoms with Crippen LogP contribution in [0.25, 0.3) is 0 Å². The Morgan fingerprint density at radius 2 is 1.70 bits per heavy atom. The lowest BCUT2D eigenvalue weighted by Gasteiger charge is -2.38. The Hall–Kier alpha value is -1.10. The lowest BCUT2D eigenvalue weighted by Crippen LogP contribution is -2.53. The van der Waals surface area contributed by atoms with Crippen LogP contribution < -0.4 is 5.32 Å². The van der Waals surface area contributed by atoms with E-state index < -0.39 is 5.60 Å². The summed E-state index contributed by atoms with van der Waals surface area (Å²) in [6.07, 6.45) is 3.13. The molecular formula is C18H32N2O3. The number of Topliss-reactive ketones (excluding diaryl/α,β-unsaturated/α-hetero) is 1. The first kappa shape index (κ1) is 18.2. The second kappa shape index (κ2) is 6.42. The van der Waals surface area contributed by atoms with Crippen LogP contribution in [-0.4, -0.2) is 47.0 Å². The molecule has 2 rings (SSSR count). The highest BCUT2D eigenvalue weighted by Gasteiger charge is 2.48. The number of amides is 1. The van der Waals surface area contributed by atoms with E-state index in [-0.39, 0.29) is 35.4 Å². The van der Waals surface area contributed by atoms with Crippen molar-refractivity contribution in [3.05, 3.63) is 0 Å². The number of hydrogen-bond acceptors (Lipinski definition) is 4. The van der Waals surface area contributed by atoms with Gasteiger partial charge in [-0.3, -0.25) is 9.69 Å². The highest BCUT2D eigenvalue weighted by Crippen LogP contribution is 2.38. The molecule has 0 aliphatic carbocycles. The summed E-state index contributed by atoms with van der Waals surface area (Å²) in [5.41, 5.74) is -0.629. The molecule has 0 bridgehead atoms. The Morgan fingerprint density at radius 3 is 2.17 bits per heavy atom. The van der Waals surface area contributed by atoms with Crippen molar-refractivity contribution in [3.63, 3.8) is 0 Å². The van der Waals surface area contributed by atoms with Gasteiger partial charge in [0.05, 0.1) is 12.1 Å². The van der Waals surface area contributed by atoms with Gasteiger partial charge in [0.25, 0.3) is 0 Å². The van der Waals surface area contributed by atoms with E-state index in [4.69, 9.17) is 4.74 Å². The molecule has 23 heavy (non-hydrogen) atoms. The topological polar surface area (TPSA) is 58.6 Å². The second-order valence-corrected chi connectivity index (χ2v) is 8.91. The number of ether oxygens (including phenoxy) is 1. The predicted molar refractivity (Wildman–Crippen MR) is 90.4 cm³/mol. The van der Waals surface area contributed by atoms with Crippen molar-refractivity contribution in [2.75, 3.05) is 6.54 Å². The fourth-order valence-electron chi connectivity index (χ4n) is 3.67. The van der Waals surface area contributed by atoms with Crippen LogP contribution in [0.3, 0.4) is 0 Å².